The zero-order valence-corrected chi connectivity index (χ0v) is 19.4. The van der Waals surface area contributed by atoms with E-state index >= 15 is 0 Å². The molecule has 2 aromatic heterocycles. The van der Waals surface area contributed by atoms with Gasteiger partial charge < -0.3 is 14.5 Å². The highest BCUT2D eigenvalue weighted by Gasteiger charge is 2.21. The molecule has 4 aromatic rings. The molecule has 2 heterocycles. The minimum Gasteiger partial charge on any atom is -0.490 e. The Balaban J connectivity index is 1.47. The van der Waals surface area contributed by atoms with E-state index in [1.54, 1.807) is 47.7 Å². The maximum Gasteiger partial charge on any atom is 0.276 e. The van der Waals surface area contributed by atoms with Crippen molar-refractivity contribution in [3.05, 3.63) is 78.9 Å². The summed E-state index contributed by atoms with van der Waals surface area (Å²) in [6, 6.07) is 11.8. The van der Waals surface area contributed by atoms with Gasteiger partial charge in [0.05, 0.1) is 22.5 Å². The quantitative estimate of drug-likeness (QED) is 0.281. The number of aromatic nitrogens is 2. The number of ether oxygens (including phenoxy) is 2. The van der Waals surface area contributed by atoms with Gasteiger partial charge in [0.2, 0.25) is 0 Å². The number of thiophene rings is 1. The van der Waals surface area contributed by atoms with Crippen LogP contribution in [0.2, 0.25) is 0 Å². The second-order valence-corrected chi connectivity index (χ2v) is 9.16. The molecule has 5 rings (SSSR count). The van der Waals surface area contributed by atoms with Gasteiger partial charge in [0, 0.05) is 16.5 Å². The predicted molar refractivity (Wildman–Crippen MR) is 131 cm³/mol. The molecule has 0 radical (unpaired) electrons. The molecule has 0 aliphatic heterocycles. The fourth-order valence-corrected chi connectivity index (χ4v) is 5.57. The molecule has 1 aliphatic rings. The Morgan fingerprint density at radius 1 is 1.12 bits per heavy atom. The molecule has 0 fully saturated rings. The van der Waals surface area contributed by atoms with Gasteiger partial charge in [0.25, 0.3) is 11.2 Å². The number of aryl methyl sites for hydroxylation is 2. The highest BCUT2D eigenvalue weighted by Crippen LogP contribution is 2.36. The van der Waals surface area contributed by atoms with Gasteiger partial charge in [-0.3, -0.25) is 14.9 Å². The number of rotatable bonds is 7. The van der Waals surface area contributed by atoms with Crippen LogP contribution >= 0.6 is 11.3 Å². The van der Waals surface area contributed by atoms with Crippen molar-refractivity contribution < 1.29 is 14.4 Å². The topological polar surface area (TPSA) is 107 Å². The first-order valence-electron chi connectivity index (χ1n) is 11.2. The molecule has 8 nitrogen and oxygen atoms in total. The van der Waals surface area contributed by atoms with E-state index in [0.717, 1.165) is 41.5 Å². The smallest absolute Gasteiger partial charge is 0.276 e. The Morgan fingerprint density at radius 3 is 2.76 bits per heavy atom. The summed E-state index contributed by atoms with van der Waals surface area (Å²) in [6.45, 7) is 2.30. The van der Waals surface area contributed by atoms with E-state index < -0.39 is 4.92 Å². The molecular formula is C25H23N3O5S. The van der Waals surface area contributed by atoms with Crippen molar-refractivity contribution >= 4 is 27.2 Å². The minimum absolute atomic E-state index is 0.00537. The third-order valence-electron chi connectivity index (χ3n) is 5.91. The number of hydrogen-bond acceptors (Lipinski definition) is 7. The van der Waals surface area contributed by atoms with Gasteiger partial charge in [-0.2, -0.15) is 0 Å². The molecule has 2 aromatic carbocycles. The molecule has 1 N–H and O–H groups in total. The molecular weight excluding hydrogens is 454 g/mol. The fraction of sp³-hybridized carbons (Fsp3) is 0.280. The zero-order chi connectivity index (χ0) is 23.7. The number of benzene rings is 2. The van der Waals surface area contributed by atoms with Gasteiger partial charge in [0.15, 0.2) is 11.5 Å². The van der Waals surface area contributed by atoms with E-state index in [1.165, 1.54) is 10.9 Å². The van der Waals surface area contributed by atoms with E-state index in [0.29, 0.717) is 35.1 Å². The summed E-state index contributed by atoms with van der Waals surface area (Å²) in [5.41, 5.74) is 2.21. The average Bonchev–Trinajstić information content (AvgIpc) is 3.22. The molecule has 174 valence electrons. The number of H-pyrrole nitrogens is 1. The highest BCUT2D eigenvalue weighted by atomic mass is 32.1. The van der Waals surface area contributed by atoms with Gasteiger partial charge >= 0.3 is 0 Å². The third kappa shape index (κ3) is 4.14. The van der Waals surface area contributed by atoms with Crippen molar-refractivity contribution in [3.8, 4) is 22.9 Å². The summed E-state index contributed by atoms with van der Waals surface area (Å²) in [6.07, 6.45) is 4.19. The Hall–Kier alpha value is -3.72. The fourth-order valence-electron chi connectivity index (χ4n) is 4.31. The van der Waals surface area contributed by atoms with Crippen molar-refractivity contribution in [1.82, 2.24) is 9.97 Å². The lowest BCUT2D eigenvalue weighted by molar-refractivity contribution is -0.385. The molecule has 0 spiro atoms. The van der Waals surface area contributed by atoms with Crippen LogP contribution in [0.4, 0.5) is 5.69 Å². The first-order valence-corrected chi connectivity index (χ1v) is 12.0. The zero-order valence-electron chi connectivity index (χ0n) is 18.6. The number of nitro benzene ring substituents is 1. The number of nitro groups is 1. The number of aromatic amines is 1. The third-order valence-corrected chi connectivity index (χ3v) is 7.10. The van der Waals surface area contributed by atoms with Crippen LogP contribution in [0.5, 0.6) is 11.5 Å². The molecule has 0 atom stereocenters. The minimum atomic E-state index is -0.425. The Kier molecular flexibility index (Phi) is 6.02. The maximum atomic E-state index is 12.9. The van der Waals surface area contributed by atoms with E-state index in [4.69, 9.17) is 14.5 Å². The molecule has 0 saturated heterocycles. The summed E-state index contributed by atoms with van der Waals surface area (Å²) >= 11 is 1.61. The van der Waals surface area contributed by atoms with Crippen LogP contribution in [0.1, 0.15) is 35.8 Å². The van der Waals surface area contributed by atoms with Crippen LogP contribution in [0.25, 0.3) is 21.6 Å². The van der Waals surface area contributed by atoms with Crippen LogP contribution < -0.4 is 15.0 Å². The Morgan fingerprint density at radius 2 is 1.94 bits per heavy atom. The van der Waals surface area contributed by atoms with Gasteiger partial charge in [0.1, 0.15) is 17.3 Å². The van der Waals surface area contributed by atoms with Crippen molar-refractivity contribution in [2.75, 3.05) is 6.61 Å². The van der Waals surface area contributed by atoms with Crippen LogP contribution in [0.3, 0.4) is 0 Å². The van der Waals surface area contributed by atoms with Crippen molar-refractivity contribution in [2.45, 2.75) is 39.2 Å². The predicted octanol–water partition coefficient (Wildman–Crippen LogP) is 5.42. The van der Waals surface area contributed by atoms with Crippen molar-refractivity contribution in [3.63, 3.8) is 0 Å². The van der Waals surface area contributed by atoms with Crippen molar-refractivity contribution in [1.29, 1.82) is 0 Å². The lowest BCUT2D eigenvalue weighted by Crippen LogP contribution is -2.11. The molecule has 0 bridgehead atoms. The number of para-hydroxylation sites is 1. The van der Waals surface area contributed by atoms with E-state index in [-0.39, 0.29) is 17.9 Å². The van der Waals surface area contributed by atoms with Gasteiger partial charge in [-0.15, -0.1) is 11.3 Å². The maximum absolute atomic E-state index is 12.9. The van der Waals surface area contributed by atoms with Crippen LogP contribution in [0, 0.1) is 10.1 Å². The molecule has 34 heavy (non-hydrogen) atoms. The lowest BCUT2D eigenvalue weighted by atomic mass is 9.97. The second kappa shape index (κ2) is 9.26. The summed E-state index contributed by atoms with van der Waals surface area (Å²) in [5, 5.41) is 12.0. The molecule has 1 aliphatic carbocycles. The summed E-state index contributed by atoms with van der Waals surface area (Å²) in [5.74, 6) is 1.41. The summed E-state index contributed by atoms with van der Waals surface area (Å²) in [7, 11) is 0. The SMILES string of the molecule is CCOc1cc(-c2nc3sc4c(c3c(=O)[nH]2)CCCC4)ccc1OCc1ccccc1[N+](=O)[O-]. The molecule has 9 heteroatoms. The molecule has 0 unspecified atom stereocenters. The van der Waals surface area contributed by atoms with Gasteiger partial charge in [-0.05, 0) is 62.4 Å². The first-order chi connectivity index (χ1) is 16.5. The number of hydrogen-bond donors (Lipinski definition) is 1. The lowest BCUT2D eigenvalue weighted by Gasteiger charge is -2.13. The normalized spacial score (nSPS) is 13.0. The number of nitrogens with one attached hydrogen (secondary N) is 1. The molecule has 0 amide bonds. The first kappa shape index (κ1) is 22.1. The summed E-state index contributed by atoms with van der Waals surface area (Å²) in [4.78, 5) is 33.5. The van der Waals surface area contributed by atoms with Gasteiger partial charge in [-0.1, -0.05) is 12.1 Å². The van der Waals surface area contributed by atoms with Crippen LogP contribution in [0.15, 0.2) is 47.3 Å². The van der Waals surface area contributed by atoms with Gasteiger partial charge in [-0.25, -0.2) is 4.98 Å². The number of fused-ring (bicyclic) bond motifs is 3. The monoisotopic (exact) mass is 477 g/mol. The van der Waals surface area contributed by atoms with E-state index in [9.17, 15) is 14.9 Å². The summed E-state index contributed by atoms with van der Waals surface area (Å²) < 4.78 is 11.7. The average molecular weight is 478 g/mol. The second-order valence-electron chi connectivity index (χ2n) is 8.07. The number of nitrogens with zero attached hydrogens (tertiary/aromatic N) is 2. The Bertz CT molecular complexity index is 1440. The van der Waals surface area contributed by atoms with E-state index in [1.807, 2.05) is 6.92 Å². The molecule has 0 saturated carbocycles. The van der Waals surface area contributed by atoms with Crippen LogP contribution in [-0.2, 0) is 19.4 Å². The van der Waals surface area contributed by atoms with E-state index in [2.05, 4.69) is 4.98 Å². The van der Waals surface area contributed by atoms with Crippen LogP contribution in [-0.4, -0.2) is 21.5 Å². The Labute approximate surface area is 199 Å². The largest absolute Gasteiger partial charge is 0.490 e. The standard InChI is InChI=1S/C25H23N3O5S/c1-2-32-20-13-15(11-12-19(20)33-14-16-7-3-5-9-18(16)28(30)31)23-26-24(29)22-17-8-4-6-10-21(17)34-25(22)27-23/h3,5,7,9,11-13H,2,4,6,8,10,14H2,1H3,(H,26,27,29). The highest BCUT2D eigenvalue weighted by molar-refractivity contribution is 7.18. The van der Waals surface area contributed by atoms with Crippen molar-refractivity contribution in [2.24, 2.45) is 0 Å².